The van der Waals surface area contributed by atoms with Gasteiger partial charge in [-0.1, -0.05) is 6.67 Å². The molecule has 0 bridgehead atoms. The fraction of sp³-hybridized carbons (Fsp3) is 1.00. The largest absolute Gasteiger partial charge is 0.653 e. The van der Waals surface area contributed by atoms with E-state index in [-0.39, 0.29) is 0 Å². The van der Waals surface area contributed by atoms with Crippen LogP contribution in [0.1, 0.15) is 0 Å². The molecule has 2 heteroatoms. The normalized spacial score (nSPS) is 10.0. The van der Waals surface area contributed by atoms with Crippen molar-refractivity contribution in [1.29, 1.82) is 0 Å². The van der Waals surface area contributed by atoms with E-state index in [1.165, 1.54) is 0 Å². The zero-order valence-corrected chi connectivity index (χ0v) is 4.60. The van der Waals surface area contributed by atoms with Gasteiger partial charge in [-0.2, -0.15) is 7.05 Å². The maximum absolute atomic E-state index is 3.86. The maximum atomic E-state index is 3.86. The molecule has 6 heavy (non-hydrogen) atoms. The van der Waals surface area contributed by atoms with Crippen LogP contribution >= 0.6 is 0 Å². The molecule has 0 aliphatic carbocycles. The zero-order chi connectivity index (χ0) is 4.99. The Kier molecular flexibility index (Phi) is 3.08. The highest BCUT2D eigenvalue weighted by molar-refractivity contribution is 4.65. The molecule has 0 aromatic carbocycles. The molecule has 0 saturated heterocycles. The molecule has 0 aliphatic heterocycles. The van der Waals surface area contributed by atoms with Crippen LogP contribution < -0.4 is 0 Å². The number of nitrogens with zero attached hydrogens (tertiary/aromatic N) is 2. The Morgan fingerprint density at radius 3 is 2.00 bits per heavy atom. The van der Waals surface area contributed by atoms with Gasteiger partial charge in [0.1, 0.15) is 0 Å². The van der Waals surface area contributed by atoms with Gasteiger partial charge in [-0.25, -0.2) is 0 Å². The van der Waals surface area contributed by atoms with Crippen LogP contribution in [-0.2, 0) is 0 Å². The second-order valence-electron chi connectivity index (χ2n) is 1.54. The van der Waals surface area contributed by atoms with E-state index in [4.69, 9.17) is 0 Å². The van der Waals surface area contributed by atoms with Crippen molar-refractivity contribution in [2.75, 3.05) is 27.8 Å². The molecule has 0 spiro atoms. The Morgan fingerprint density at radius 1 is 1.50 bits per heavy atom. The fourth-order valence-electron chi connectivity index (χ4n) is 0.283. The molecule has 38 valence electrons. The molecule has 0 aromatic rings. The van der Waals surface area contributed by atoms with Crippen LogP contribution in [0.4, 0.5) is 0 Å². The lowest BCUT2D eigenvalue weighted by Crippen LogP contribution is -2.10. The van der Waals surface area contributed by atoms with Crippen molar-refractivity contribution < 1.29 is 0 Å². The lowest BCUT2D eigenvalue weighted by atomic mass is 10.9. The Balaban J connectivity index is 2.63. The average Bonchev–Trinajstić information content (AvgIpc) is 1.35. The van der Waals surface area contributed by atoms with Crippen molar-refractivity contribution in [3.05, 3.63) is 5.32 Å². The van der Waals surface area contributed by atoms with Gasteiger partial charge in [0.2, 0.25) is 0 Å². The molecule has 0 rings (SSSR count). The first-order valence-corrected chi connectivity index (χ1v) is 1.97. The van der Waals surface area contributed by atoms with Crippen LogP contribution in [-0.4, -0.2) is 32.7 Å². The fourth-order valence-corrected chi connectivity index (χ4v) is 0.283. The van der Waals surface area contributed by atoms with Crippen molar-refractivity contribution in [3.8, 4) is 0 Å². The summed E-state index contributed by atoms with van der Waals surface area (Å²) < 4.78 is 0. The van der Waals surface area contributed by atoms with E-state index in [1.54, 1.807) is 7.05 Å². The predicted octanol–water partition coefficient (Wildman–Crippen LogP) is 0.509. The average molecular weight is 87.1 g/mol. The highest BCUT2D eigenvalue weighted by Crippen LogP contribution is 1.77. The summed E-state index contributed by atoms with van der Waals surface area (Å²) in [5.41, 5.74) is 0. The lowest BCUT2D eigenvalue weighted by molar-refractivity contribution is 0.447. The first-order chi connectivity index (χ1) is 2.77. The monoisotopic (exact) mass is 87.1 g/mol. The van der Waals surface area contributed by atoms with Crippen LogP contribution in [0.25, 0.3) is 5.32 Å². The molecular formula is C4H11N2-. The molecule has 0 aliphatic rings. The molecular weight excluding hydrogens is 76.1 g/mol. The molecule has 0 fully saturated rings. The standard InChI is InChI=1S/C4H11N2/c1-5-4-6(2)3/h4H2,1-3H3/q-1. The number of hydrogen-bond acceptors (Lipinski definition) is 1. The smallest absolute Gasteiger partial charge is 0.0156 e. The van der Waals surface area contributed by atoms with Gasteiger partial charge in [-0.05, 0) is 14.1 Å². The summed E-state index contributed by atoms with van der Waals surface area (Å²) in [6, 6.07) is 0. The van der Waals surface area contributed by atoms with E-state index in [9.17, 15) is 0 Å². The van der Waals surface area contributed by atoms with Crippen molar-refractivity contribution in [2.24, 2.45) is 0 Å². The third kappa shape index (κ3) is 3.92. The Bertz CT molecular complexity index is 26.7. The first-order valence-electron chi connectivity index (χ1n) is 1.97. The lowest BCUT2D eigenvalue weighted by Gasteiger charge is -2.17. The van der Waals surface area contributed by atoms with Crippen LogP contribution in [0, 0.1) is 0 Å². The van der Waals surface area contributed by atoms with Gasteiger partial charge in [0, 0.05) is 0 Å². The van der Waals surface area contributed by atoms with Gasteiger partial charge in [-0.15, -0.1) is 0 Å². The summed E-state index contributed by atoms with van der Waals surface area (Å²) in [7, 11) is 5.79. The minimum Gasteiger partial charge on any atom is -0.653 e. The number of rotatable bonds is 2. The van der Waals surface area contributed by atoms with Gasteiger partial charge in [0.15, 0.2) is 0 Å². The van der Waals surface area contributed by atoms with Gasteiger partial charge in [0.05, 0.1) is 0 Å². The van der Waals surface area contributed by atoms with E-state index >= 15 is 0 Å². The Labute approximate surface area is 39.1 Å². The highest BCUT2D eigenvalue weighted by atomic mass is 15.2. The molecule has 0 aromatic heterocycles. The topological polar surface area (TPSA) is 17.3 Å². The summed E-state index contributed by atoms with van der Waals surface area (Å²) in [6.45, 7) is 0.833. The highest BCUT2D eigenvalue weighted by Gasteiger charge is 1.68. The third-order valence-electron chi connectivity index (χ3n) is 0.424. The van der Waals surface area contributed by atoms with Crippen LogP contribution in [0.15, 0.2) is 0 Å². The van der Waals surface area contributed by atoms with E-state index in [0.717, 1.165) is 6.67 Å². The Morgan fingerprint density at radius 2 is 2.00 bits per heavy atom. The molecule has 0 N–H and O–H groups in total. The van der Waals surface area contributed by atoms with E-state index < -0.39 is 0 Å². The van der Waals surface area contributed by atoms with Crippen molar-refractivity contribution in [1.82, 2.24) is 4.90 Å². The molecule has 0 atom stereocenters. The first kappa shape index (κ1) is 5.92. The maximum Gasteiger partial charge on any atom is -0.0156 e. The minimum atomic E-state index is 0.833. The summed E-state index contributed by atoms with van der Waals surface area (Å²) in [5, 5.41) is 3.86. The van der Waals surface area contributed by atoms with Gasteiger partial charge in [-0.3, -0.25) is 0 Å². The van der Waals surface area contributed by atoms with Crippen LogP contribution in [0.3, 0.4) is 0 Å². The second-order valence-corrected chi connectivity index (χ2v) is 1.54. The molecule has 0 amide bonds. The Hall–Kier alpha value is -0.0800. The molecule has 0 unspecified atom stereocenters. The van der Waals surface area contributed by atoms with Gasteiger partial charge in [0.25, 0.3) is 0 Å². The quantitative estimate of drug-likeness (QED) is 0.479. The molecule has 0 radical (unpaired) electrons. The van der Waals surface area contributed by atoms with E-state index in [1.807, 2.05) is 19.0 Å². The van der Waals surface area contributed by atoms with Gasteiger partial charge >= 0.3 is 0 Å². The SMILES string of the molecule is C[N-]CN(C)C. The summed E-state index contributed by atoms with van der Waals surface area (Å²) in [5.74, 6) is 0. The van der Waals surface area contributed by atoms with E-state index in [0.29, 0.717) is 0 Å². The summed E-state index contributed by atoms with van der Waals surface area (Å²) in [4.78, 5) is 2.01. The third-order valence-corrected chi connectivity index (χ3v) is 0.424. The van der Waals surface area contributed by atoms with Crippen molar-refractivity contribution in [2.45, 2.75) is 0 Å². The zero-order valence-electron chi connectivity index (χ0n) is 4.60. The predicted molar refractivity (Wildman–Crippen MR) is 27.8 cm³/mol. The molecule has 2 nitrogen and oxygen atoms in total. The molecule has 0 saturated carbocycles. The minimum absolute atomic E-state index is 0.833. The summed E-state index contributed by atoms with van der Waals surface area (Å²) >= 11 is 0. The van der Waals surface area contributed by atoms with Gasteiger partial charge < -0.3 is 10.2 Å². The second kappa shape index (κ2) is 3.12. The molecule has 0 heterocycles. The van der Waals surface area contributed by atoms with E-state index in [2.05, 4.69) is 5.32 Å². The summed E-state index contributed by atoms with van der Waals surface area (Å²) in [6.07, 6.45) is 0. The van der Waals surface area contributed by atoms with Crippen LogP contribution in [0.2, 0.25) is 0 Å². The van der Waals surface area contributed by atoms with Crippen molar-refractivity contribution in [3.63, 3.8) is 0 Å². The van der Waals surface area contributed by atoms with Crippen molar-refractivity contribution >= 4 is 0 Å². The number of hydrogen-bond donors (Lipinski definition) is 0. The van der Waals surface area contributed by atoms with Crippen LogP contribution in [0.5, 0.6) is 0 Å².